The summed E-state index contributed by atoms with van der Waals surface area (Å²) in [7, 11) is 1.96. The number of aryl methyl sites for hydroxylation is 1. The van der Waals surface area contributed by atoms with E-state index in [2.05, 4.69) is 66.0 Å². The fourth-order valence-electron chi connectivity index (χ4n) is 2.69. The van der Waals surface area contributed by atoms with Gasteiger partial charge in [-0.25, -0.2) is 0 Å². The molecule has 1 atom stereocenters. The number of hydrogen-bond donors (Lipinski definition) is 1. The highest BCUT2D eigenvalue weighted by molar-refractivity contribution is 5.83. The average molecular weight is 279 g/mol. The van der Waals surface area contributed by atoms with E-state index >= 15 is 0 Å². The van der Waals surface area contributed by atoms with Crippen LogP contribution in [0.25, 0.3) is 10.8 Å². The normalized spacial score (nSPS) is 12.7. The van der Waals surface area contributed by atoms with Gasteiger partial charge in [0.15, 0.2) is 0 Å². The Morgan fingerprint density at radius 2 is 1.90 bits per heavy atom. The van der Waals surface area contributed by atoms with Crippen molar-refractivity contribution in [1.29, 1.82) is 0 Å². The van der Waals surface area contributed by atoms with Gasteiger partial charge in [-0.1, -0.05) is 43.3 Å². The Labute approximate surface area is 125 Å². The maximum Gasteiger partial charge on any atom is 0.0608 e. The maximum atomic E-state index is 4.31. The van der Waals surface area contributed by atoms with E-state index in [4.69, 9.17) is 0 Å². The topological polar surface area (TPSA) is 29.9 Å². The second kappa shape index (κ2) is 6.10. The molecule has 0 saturated heterocycles. The van der Waals surface area contributed by atoms with Gasteiger partial charge in [0.25, 0.3) is 0 Å². The molecule has 0 aliphatic heterocycles. The largest absolute Gasteiger partial charge is 0.306 e. The highest BCUT2D eigenvalue weighted by Gasteiger charge is 2.15. The van der Waals surface area contributed by atoms with Crippen LogP contribution in [-0.2, 0) is 7.05 Å². The Balaban J connectivity index is 2.00. The van der Waals surface area contributed by atoms with Gasteiger partial charge >= 0.3 is 0 Å². The first-order valence-electron chi connectivity index (χ1n) is 7.48. The maximum absolute atomic E-state index is 4.31. The van der Waals surface area contributed by atoms with Crippen LogP contribution in [0.3, 0.4) is 0 Å². The van der Waals surface area contributed by atoms with Crippen LogP contribution >= 0.6 is 0 Å². The van der Waals surface area contributed by atoms with Crippen LogP contribution < -0.4 is 5.32 Å². The van der Waals surface area contributed by atoms with E-state index in [0.29, 0.717) is 0 Å². The van der Waals surface area contributed by atoms with Crippen LogP contribution in [0, 0.1) is 0 Å². The zero-order valence-corrected chi connectivity index (χ0v) is 12.6. The van der Waals surface area contributed by atoms with Crippen molar-refractivity contribution in [3.05, 3.63) is 66.0 Å². The zero-order valence-electron chi connectivity index (χ0n) is 12.6. The molecule has 2 aromatic carbocycles. The van der Waals surface area contributed by atoms with Crippen molar-refractivity contribution in [2.24, 2.45) is 7.05 Å². The van der Waals surface area contributed by atoms with E-state index in [9.17, 15) is 0 Å². The Hall–Kier alpha value is -2.13. The molecule has 0 amide bonds. The Morgan fingerprint density at radius 3 is 2.62 bits per heavy atom. The van der Waals surface area contributed by atoms with E-state index < -0.39 is 0 Å². The van der Waals surface area contributed by atoms with Crippen molar-refractivity contribution in [3.63, 3.8) is 0 Å². The summed E-state index contributed by atoms with van der Waals surface area (Å²) in [5, 5.41) is 10.5. The molecule has 1 aromatic heterocycles. The number of nitrogens with one attached hydrogen (secondary N) is 1. The summed E-state index contributed by atoms with van der Waals surface area (Å²) < 4.78 is 1.86. The van der Waals surface area contributed by atoms with Crippen molar-refractivity contribution >= 4 is 10.8 Å². The van der Waals surface area contributed by atoms with Crippen LogP contribution in [0.2, 0.25) is 0 Å². The zero-order chi connectivity index (χ0) is 14.7. The molecule has 0 saturated carbocycles. The van der Waals surface area contributed by atoms with E-state index in [1.807, 2.05) is 17.9 Å². The van der Waals surface area contributed by atoms with Gasteiger partial charge in [0.1, 0.15) is 0 Å². The molecular weight excluding hydrogens is 258 g/mol. The molecule has 0 bridgehead atoms. The molecule has 3 heteroatoms. The molecule has 3 aromatic rings. The van der Waals surface area contributed by atoms with Gasteiger partial charge in [-0.05, 0) is 35.4 Å². The number of benzene rings is 2. The highest BCUT2D eigenvalue weighted by Crippen LogP contribution is 2.25. The number of fused-ring (bicyclic) bond motifs is 1. The van der Waals surface area contributed by atoms with E-state index in [1.54, 1.807) is 0 Å². The molecule has 1 heterocycles. The molecule has 0 aliphatic rings. The minimum Gasteiger partial charge on any atom is -0.306 e. The number of rotatable bonds is 5. The molecule has 0 spiro atoms. The minimum atomic E-state index is 0.197. The second-order valence-corrected chi connectivity index (χ2v) is 5.44. The Bertz CT molecular complexity index is 730. The summed E-state index contributed by atoms with van der Waals surface area (Å²) in [5.74, 6) is 0. The van der Waals surface area contributed by atoms with Crippen molar-refractivity contribution < 1.29 is 0 Å². The summed E-state index contributed by atoms with van der Waals surface area (Å²) in [4.78, 5) is 0. The summed E-state index contributed by atoms with van der Waals surface area (Å²) in [6, 6.07) is 15.4. The predicted molar refractivity (Wildman–Crippen MR) is 87.3 cm³/mol. The molecule has 1 unspecified atom stereocenters. The first kappa shape index (κ1) is 13.8. The lowest BCUT2D eigenvalue weighted by molar-refractivity contribution is 0.598. The van der Waals surface area contributed by atoms with Gasteiger partial charge in [0.2, 0.25) is 0 Å². The third kappa shape index (κ3) is 2.98. The molecule has 3 nitrogen and oxygen atoms in total. The van der Waals surface area contributed by atoms with Gasteiger partial charge in [-0.3, -0.25) is 4.68 Å². The molecule has 108 valence electrons. The Kier molecular flexibility index (Phi) is 4.02. The standard InChI is InChI=1S/C18H21N3/c1-3-10-19-18(17-12-20-21(2)13-17)16-9-8-14-6-4-5-7-15(14)11-16/h4-9,11-13,18-19H,3,10H2,1-2H3. The fraction of sp³-hybridized carbons (Fsp3) is 0.278. The smallest absolute Gasteiger partial charge is 0.0608 e. The van der Waals surface area contributed by atoms with Crippen LogP contribution in [0.1, 0.15) is 30.5 Å². The van der Waals surface area contributed by atoms with Crippen molar-refractivity contribution in [3.8, 4) is 0 Å². The van der Waals surface area contributed by atoms with Crippen LogP contribution in [-0.4, -0.2) is 16.3 Å². The van der Waals surface area contributed by atoms with Gasteiger partial charge in [-0.2, -0.15) is 5.10 Å². The first-order valence-corrected chi connectivity index (χ1v) is 7.48. The van der Waals surface area contributed by atoms with Gasteiger partial charge in [0.05, 0.1) is 12.2 Å². The van der Waals surface area contributed by atoms with E-state index in [0.717, 1.165) is 13.0 Å². The van der Waals surface area contributed by atoms with E-state index in [1.165, 1.54) is 21.9 Å². The van der Waals surface area contributed by atoms with Gasteiger partial charge < -0.3 is 5.32 Å². The monoisotopic (exact) mass is 279 g/mol. The molecule has 0 fully saturated rings. The highest BCUT2D eigenvalue weighted by atomic mass is 15.2. The molecule has 0 aliphatic carbocycles. The summed E-state index contributed by atoms with van der Waals surface area (Å²) >= 11 is 0. The quantitative estimate of drug-likeness (QED) is 0.772. The predicted octanol–water partition coefficient (Wildman–Crippen LogP) is 3.66. The van der Waals surface area contributed by atoms with Crippen molar-refractivity contribution in [2.45, 2.75) is 19.4 Å². The van der Waals surface area contributed by atoms with Crippen molar-refractivity contribution in [1.82, 2.24) is 15.1 Å². The van der Waals surface area contributed by atoms with E-state index in [-0.39, 0.29) is 6.04 Å². The molecule has 0 radical (unpaired) electrons. The van der Waals surface area contributed by atoms with Crippen LogP contribution in [0.15, 0.2) is 54.9 Å². The summed E-state index contributed by atoms with van der Waals surface area (Å²) in [6.07, 6.45) is 5.15. The third-order valence-electron chi connectivity index (χ3n) is 3.76. The minimum absolute atomic E-state index is 0.197. The van der Waals surface area contributed by atoms with Crippen LogP contribution in [0.5, 0.6) is 0 Å². The summed E-state index contributed by atoms with van der Waals surface area (Å²) in [6.45, 7) is 3.18. The van der Waals surface area contributed by atoms with Gasteiger partial charge in [-0.15, -0.1) is 0 Å². The lowest BCUT2D eigenvalue weighted by atomic mass is 9.98. The Morgan fingerprint density at radius 1 is 1.10 bits per heavy atom. The van der Waals surface area contributed by atoms with Crippen molar-refractivity contribution in [2.75, 3.05) is 6.54 Å². The number of aromatic nitrogens is 2. The van der Waals surface area contributed by atoms with Gasteiger partial charge in [0, 0.05) is 18.8 Å². The molecule has 3 rings (SSSR count). The first-order chi connectivity index (χ1) is 10.3. The average Bonchev–Trinajstić information content (AvgIpc) is 2.94. The lowest BCUT2D eigenvalue weighted by Gasteiger charge is -2.18. The lowest BCUT2D eigenvalue weighted by Crippen LogP contribution is -2.22. The SMILES string of the molecule is CCCNC(c1ccc2ccccc2c1)c1cnn(C)c1. The summed E-state index contributed by atoms with van der Waals surface area (Å²) in [5.41, 5.74) is 2.50. The number of hydrogen-bond acceptors (Lipinski definition) is 2. The number of nitrogens with zero attached hydrogens (tertiary/aromatic N) is 2. The molecule has 1 N–H and O–H groups in total. The van der Waals surface area contributed by atoms with Crippen LogP contribution in [0.4, 0.5) is 0 Å². The fourth-order valence-corrected chi connectivity index (χ4v) is 2.69. The second-order valence-electron chi connectivity index (χ2n) is 5.44. The molecular formula is C18H21N3. The molecule has 21 heavy (non-hydrogen) atoms. The third-order valence-corrected chi connectivity index (χ3v) is 3.76.